The van der Waals surface area contributed by atoms with Crippen molar-refractivity contribution in [3.8, 4) is 0 Å². The summed E-state index contributed by atoms with van der Waals surface area (Å²) in [6, 6.07) is 1.92. The normalized spacial score (nSPS) is 18.2. The molecule has 0 atom stereocenters. The second-order valence-electron chi connectivity index (χ2n) is 4.14. The average molecular weight is 209 g/mol. The Balaban J connectivity index is 1.81. The molecule has 0 aliphatic heterocycles. The van der Waals surface area contributed by atoms with E-state index in [1.54, 1.807) is 6.26 Å². The Morgan fingerprint density at radius 3 is 2.87 bits per heavy atom. The fourth-order valence-corrected chi connectivity index (χ4v) is 2.10. The Hall–Kier alpha value is -0.800. The number of hydrogen-bond donors (Lipinski definition) is 1. The van der Waals surface area contributed by atoms with E-state index in [2.05, 4.69) is 0 Å². The van der Waals surface area contributed by atoms with Crippen molar-refractivity contribution in [2.24, 2.45) is 5.73 Å². The van der Waals surface area contributed by atoms with Crippen molar-refractivity contribution in [1.82, 2.24) is 0 Å². The number of nitrogens with two attached hydrogens (primary N) is 1. The summed E-state index contributed by atoms with van der Waals surface area (Å²) in [5.74, 6) is 0.892. The molecule has 0 aromatic carbocycles. The van der Waals surface area contributed by atoms with Crippen LogP contribution in [0.1, 0.15) is 43.4 Å². The summed E-state index contributed by atoms with van der Waals surface area (Å²) in [6.45, 7) is 1.10. The summed E-state index contributed by atoms with van der Waals surface area (Å²) < 4.78 is 11.2. The van der Waals surface area contributed by atoms with Gasteiger partial charge in [-0.25, -0.2) is 0 Å². The standard InChI is InChI=1S/C12H19NO2/c13-8-10-6-7-14-12(10)9-15-11-4-2-1-3-5-11/h6-7,11H,1-5,8-9,13H2. The van der Waals surface area contributed by atoms with Gasteiger partial charge in [-0.05, 0) is 18.9 Å². The molecule has 0 bridgehead atoms. The van der Waals surface area contributed by atoms with Crippen molar-refractivity contribution in [2.45, 2.75) is 51.4 Å². The van der Waals surface area contributed by atoms with Gasteiger partial charge in [0.1, 0.15) is 12.4 Å². The highest BCUT2D eigenvalue weighted by Gasteiger charge is 2.15. The minimum atomic E-state index is 0.425. The third-order valence-electron chi connectivity index (χ3n) is 3.06. The maximum atomic E-state index is 5.82. The smallest absolute Gasteiger partial charge is 0.133 e. The molecule has 1 aliphatic carbocycles. The van der Waals surface area contributed by atoms with E-state index in [4.69, 9.17) is 14.9 Å². The van der Waals surface area contributed by atoms with E-state index in [-0.39, 0.29) is 0 Å². The zero-order valence-electron chi connectivity index (χ0n) is 9.08. The van der Waals surface area contributed by atoms with Crippen LogP contribution in [0, 0.1) is 0 Å². The summed E-state index contributed by atoms with van der Waals surface area (Å²) in [4.78, 5) is 0. The Morgan fingerprint density at radius 1 is 1.33 bits per heavy atom. The second kappa shape index (κ2) is 5.33. The van der Waals surface area contributed by atoms with Crippen LogP contribution in [-0.4, -0.2) is 6.10 Å². The molecule has 84 valence electrons. The van der Waals surface area contributed by atoms with Crippen molar-refractivity contribution in [3.63, 3.8) is 0 Å². The van der Waals surface area contributed by atoms with Gasteiger partial charge in [0, 0.05) is 12.1 Å². The molecule has 1 fully saturated rings. The molecule has 0 spiro atoms. The first-order valence-corrected chi connectivity index (χ1v) is 5.77. The van der Waals surface area contributed by atoms with Crippen LogP contribution in [0.4, 0.5) is 0 Å². The highest BCUT2D eigenvalue weighted by molar-refractivity contribution is 5.15. The Morgan fingerprint density at radius 2 is 2.13 bits per heavy atom. The molecule has 1 heterocycles. The second-order valence-corrected chi connectivity index (χ2v) is 4.14. The first kappa shape index (κ1) is 10.7. The van der Waals surface area contributed by atoms with Crippen molar-refractivity contribution >= 4 is 0 Å². The molecule has 0 radical (unpaired) electrons. The zero-order chi connectivity index (χ0) is 10.5. The fraction of sp³-hybridized carbons (Fsp3) is 0.667. The average Bonchev–Trinajstić information content (AvgIpc) is 2.75. The highest BCUT2D eigenvalue weighted by atomic mass is 16.5. The molecule has 1 aromatic heterocycles. The third kappa shape index (κ3) is 2.83. The van der Waals surface area contributed by atoms with Gasteiger partial charge in [-0.15, -0.1) is 0 Å². The van der Waals surface area contributed by atoms with Gasteiger partial charge in [0.2, 0.25) is 0 Å². The molecule has 0 unspecified atom stereocenters. The Kier molecular flexibility index (Phi) is 3.80. The van der Waals surface area contributed by atoms with Gasteiger partial charge >= 0.3 is 0 Å². The molecule has 3 nitrogen and oxygen atoms in total. The molecule has 1 saturated carbocycles. The van der Waals surface area contributed by atoms with Gasteiger partial charge in [0.25, 0.3) is 0 Å². The molecular weight excluding hydrogens is 190 g/mol. The first-order valence-electron chi connectivity index (χ1n) is 5.77. The number of furan rings is 1. The Labute approximate surface area is 90.6 Å². The number of hydrogen-bond acceptors (Lipinski definition) is 3. The van der Waals surface area contributed by atoms with Gasteiger partial charge < -0.3 is 14.9 Å². The largest absolute Gasteiger partial charge is 0.467 e. The Bertz CT molecular complexity index is 290. The van der Waals surface area contributed by atoms with Crippen LogP contribution < -0.4 is 5.73 Å². The van der Waals surface area contributed by atoms with E-state index in [0.29, 0.717) is 19.3 Å². The lowest BCUT2D eigenvalue weighted by Gasteiger charge is -2.21. The molecule has 2 rings (SSSR count). The molecule has 2 N–H and O–H groups in total. The van der Waals surface area contributed by atoms with Crippen molar-refractivity contribution in [1.29, 1.82) is 0 Å². The predicted molar refractivity (Wildman–Crippen MR) is 58.3 cm³/mol. The van der Waals surface area contributed by atoms with Crippen LogP contribution in [0.5, 0.6) is 0 Å². The molecule has 0 saturated heterocycles. The minimum Gasteiger partial charge on any atom is -0.467 e. The van der Waals surface area contributed by atoms with E-state index in [1.165, 1.54) is 32.1 Å². The van der Waals surface area contributed by atoms with Crippen LogP contribution in [0.2, 0.25) is 0 Å². The molecule has 1 aromatic rings. The van der Waals surface area contributed by atoms with Crippen LogP contribution in [0.15, 0.2) is 16.7 Å². The fourth-order valence-electron chi connectivity index (χ4n) is 2.10. The number of rotatable bonds is 4. The monoisotopic (exact) mass is 209 g/mol. The van der Waals surface area contributed by atoms with Crippen LogP contribution in [0.25, 0.3) is 0 Å². The number of ether oxygens (including phenoxy) is 1. The molecule has 15 heavy (non-hydrogen) atoms. The summed E-state index contributed by atoms with van der Waals surface area (Å²) in [5.41, 5.74) is 6.65. The molecule has 3 heteroatoms. The summed E-state index contributed by atoms with van der Waals surface area (Å²) >= 11 is 0. The van der Waals surface area contributed by atoms with Crippen LogP contribution in [-0.2, 0) is 17.9 Å². The first-order chi connectivity index (χ1) is 7.40. The maximum absolute atomic E-state index is 5.82. The zero-order valence-corrected chi connectivity index (χ0v) is 9.08. The molecule has 1 aliphatic rings. The van der Waals surface area contributed by atoms with Crippen molar-refractivity contribution in [2.75, 3.05) is 0 Å². The van der Waals surface area contributed by atoms with Crippen molar-refractivity contribution in [3.05, 3.63) is 23.7 Å². The van der Waals surface area contributed by atoms with Gasteiger partial charge in [-0.2, -0.15) is 0 Å². The molecular formula is C12H19NO2. The van der Waals surface area contributed by atoms with Gasteiger partial charge in [-0.3, -0.25) is 0 Å². The maximum Gasteiger partial charge on any atom is 0.133 e. The van der Waals surface area contributed by atoms with Crippen LogP contribution >= 0.6 is 0 Å². The lowest BCUT2D eigenvalue weighted by atomic mass is 9.98. The van der Waals surface area contributed by atoms with Gasteiger partial charge in [0.15, 0.2) is 0 Å². The predicted octanol–water partition coefficient (Wildman–Crippen LogP) is 2.59. The van der Waals surface area contributed by atoms with E-state index >= 15 is 0 Å². The lowest BCUT2D eigenvalue weighted by Crippen LogP contribution is -2.16. The van der Waals surface area contributed by atoms with Crippen LogP contribution in [0.3, 0.4) is 0 Å². The van der Waals surface area contributed by atoms with E-state index in [9.17, 15) is 0 Å². The van der Waals surface area contributed by atoms with Gasteiger partial charge in [0.05, 0.1) is 12.4 Å². The highest BCUT2D eigenvalue weighted by Crippen LogP contribution is 2.22. The summed E-state index contributed by atoms with van der Waals surface area (Å²) in [6.07, 6.45) is 8.45. The van der Waals surface area contributed by atoms with E-state index in [1.807, 2.05) is 6.07 Å². The quantitative estimate of drug-likeness (QED) is 0.829. The summed E-state index contributed by atoms with van der Waals surface area (Å²) in [5, 5.41) is 0. The van der Waals surface area contributed by atoms with E-state index < -0.39 is 0 Å². The lowest BCUT2D eigenvalue weighted by molar-refractivity contribution is 0.00836. The molecule has 0 amide bonds. The SMILES string of the molecule is NCc1ccoc1COC1CCCCC1. The summed E-state index contributed by atoms with van der Waals surface area (Å²) in [7, 11) is 0. The van der Waals surface area contributed by atoms with E-state index in [0.717, 1.165) is 11.3 Å². The van der Waals surface area contributed by atoms with Gasteiger partial charge in [-0.1, -0.05) is 19.3 Å². The minimum absolute atomic E-state index is 0.425. The topological polar surface area (TPSA) is 48.4 Å². The third-order valence-corrected chi connectivity index (χ3v) is 3.06. The van der Waals surface area contributed by atoms with Crippen molar-refractivity contribution < 1.29 is 9.15 Å².